The summed E-state index contributed by atoms with van der Waals surface area (Å²) in [5.41, 5.74) is 3.89. The van der Waals surface area contributed by atoms with E-state index in [1.54, 1.807) is 30.2 Å². The lowest BCUT2D eigenvalue weighted by Crippen LogP contribution is -2.45. The van der Waals surface area contributed by atoms with Gasteiger partial charge in [-0.15, -0.1) is 0 Å². The van der Waals surface area contributed by atoms with Gasteiger partial charge in [-0.3, -0.25) is 9.20 Å². The number of methoxy groups -OCH3 is 1. The van der Waals surface area contributed by atoms with Gasteiger partial charge in [0.25, 0.3) is 5.91 Å². The number of carbonyl (C=O) groups is 1. The van der Waals surface area contributed by atoms with E-state index in [0.717, 1.165) is 24.1 Å². The van der Waals surface area contributed by atoms with E-state index in [4.69, 9.17) is 14.5 Å². The molecule has 0 atom stereocenters. The van der Waals surface area contributed by atoms with Gasteiger partial charge in [0.2, 0.25) is 5.78 Å². The second kappa shape index (κ2) is 6.57. The highest BCUT2D eigenvalue weighted by Crippen LogP contribution is 2.58. The fourth-order valence-corrected chi connectivity index (χ4v) is 5.05. The molecule has 2 aliphatic heterocycles. The average Bonchev–Trinajstić information content (AvgIpc) is 3.48. The molecule has 6 heterocycles. The molecule has 1 aliphatic carbocycles. The Bertz CT molecular complexity index is 1380. The predicted molar refractivity (Wildman–Crippen MR) is 115 cm³/mol. The molecule has 1 amide bonds. The van der Waals surface area contributed by atoms with E-state index in [-0.39, 0.29) is 23.5 Å². The largest absolute Gasteiger partial charge is 0.378 e. The van der Waals surface area contributed by atoms with Crippen molar-refractivity contribution >= 4 is 23.0 Å². The fraction of sp³-hybridized carbons (Fsp3) is 0.409. The van der Waals surface area contributed by atoms with Gasteiger partial charge in [-0.25, -0.2) is 19.5 Å². The summed E-state index contributed by atoms with van der Waals surface area (Å²) in [4.78, 5) is 27.0. The maximum absolute atomic E-state index is 13.2. The third-order valence-corrected chi connectivity index (χ3v) is 6.45. The molecule has 32 heavy (non-hydrogen) atoms. The minimum absolute atomic E-state index is 0.0313. The summed E-state index contributed by atoms with van der Waals surface area (Å²) in [5, 5.41) is 7.18. The highest BCUT2D eigenvalue weighted by atomic mass is 16.5. The Kier molecular flexibility index (Phi) is 3.96. The van der Waals surface area contributed by atoms with E-state index >= 15 is 0 Å². The summed E-state index contributed by atoms with van der Waals surface area (Å²) in [6.45, 7) is 4.94. The lowest BCUT2D eigenvalue weighted by atomic mass is 9.62. The van der Waals surface area contributed by atoms with Crippen molar-refractivity contribution in [3.63, 3.8) is 0 Å². The zero-order valence-corrected chi connectivity index (χ0v) is 18.1. The minimum Gasteiger partial charge on any atom is -0.378 e. The molecule has 10 nitrogen and oxygen atoms in total. The number of rotatable bonds is 5. The monoisotopic (exact) mass is 433 g/mol. The first kappa shape index (κ1) is 19.3. The second-order valence-electron chi connectivity index (χ2n) is 9.15. The molecule has 164 valence electrons. The maximum atomic E-state index is 13.2. The zero-order chi connectivity index (χ0) is 22.1. The van der Waals surface area contributed by atoms with Crippen LogP contribution in [-0.2, 0) is 21.5 Å². The third kappa shape index (κ3) is 2.83. The van der Waals surface area contributed by atoms with Crippen LogP contribution in [0.1, 0.15) is 47.1 Å². The molecule has 3 aliphatic rings. The number of ether oxygens (including phenoxy) is 2. The number of carbonyl (C=O) groups excluding carboxylic acids is 1. The number of nitrogens with one attached hydrogen (secondary N) is 1. The Balaban J connectivity index is 1.36. The van der Waals surface area contributed by atoms with Crippen molar-refractivity contribution in [3.8, 4) is 0 Å². The van der Waals surface area contributed by atoms with E-state index < -0.39 is 0 Å². The number of amides is 1. The Morgan fingerprint density at radius 1 is 1.25 bits per heavy atom. The SMILES string of the molecule is COCc1nc2nc(C34COC(C)(C3)C4)cn2cc1C(=O)Nc1cnn2cc(C)cnc12. The second-order valence-corrected chi connectivity index (χ2v) is 9.15. The Labute approximate surface area is 183 Å². The van der Waals surface area contributed by atoms with Crippen LogP contribution >= 0.6 is 0 Å². The molecule has 2 saturated heterocycles. The van der Waals surface area contributed by atoms with E-state index in [9.17, 15) is 4.79 Å². The molecule has 10 heteroatoms. The lowest BCUT2D eigenvalue weighted by molar-refractivity contribution is 0.0154. The van der Waals surface area contributed by atoms with E-state index in [0.29, 0.717) is 35.0 Å². The number of anilines is 1. The first-order chi connectivity index (χ1) is 15.4. The molecule has 3 fully saturated rings. The Hall–Kier alpha value is -3.37. The van der Waals surface area contributed by atoms with E-state index in [1.807, 2.05) is 23.7 Å². The smallest absolute Gasteiger partial charge is 0.259 e. The van der Waals surface area contributed by atoms with Crippen LogP contribution < -0.4 is 5.32 Å². The summed E-state index contributed by atoms with van der Waals surface area (Å²) in [5.74, 6) is 0.240. The summed E-state index contributed by atoms with van der Waals surface area (Å²) in [6, 6.07) is 0. The van der Waals surface area contributed by atoms with Gasteiger partial charge in [-0.05, 0) is 32.3 Å². The number of hydrogen-bond donors (Lipinski definition) is 1. The van der Waals surface area contributed by atoms with Crippen LogP contribution in [0.25, 0.3) is 11.4 Å². The predicted octanol–water partition coefficient (Wildman–Crippen LogP) is 2.30. The molecule has 2 bridgehead atoms. The van der Waals surface area contributed by atoms with Crippen molar-refractivity contribution in [2.45, 2.75) is 44.3 Å². The van der Waals surface area contributed by atoms with Crippen LogP contribution in [0.5, 0.6) is 0 Å². The first-order valence-corrected chi connectivity index (χ1v) is 10.5. The molecule has 4 aromatic rings. The van der Waals surface area contributed by atoms with Gasteiger partial charge in [0.15, 0.2) is 5.65 Å². The summed E-state index contributed by atoms with van der Waals surface area (Å²) in [7, 11) is 1.58. The standard InChI is InChI=1S/C22H23N7O3/c1-13-4-23-18-15(5-24-29(18)6-13)25-19(30)14-7-28-8-17(22-10-21(2,11-22)32-12-22)27-20(28)26-16(14)9-31-3/h4-8H,9-12H2,1-3H3,(H,25,30). The van der Waals surface area contributed by atoms with Crippen molar-refractivity contribution in [3.05, 3.63) is 53.5 Å². The van der Waals surface area contributed by atoms with E-state index in [1.165, 1.54) is 0 Å². The molecule has 1 saturated carbocycles. The summed E-state index contributed by atoms with van der Waals surface area (Å²) < 4.78 is 14.7. The van der Waals surface area contributed by atoms with Gasteiger partial charge in [0.1, 0.15) is 5.69 Å². The van der Waals surface area contributed by atoms with Crippen LogP contribution in [-0.4, -0.2) is 54.2 Å². The van der Waals surface area contributed by atoms with E-state index in [2.05, 4.69) is 27.3 Å². The maximum Gasteiger partial charge on any atom is 0.259 e. The van der Waals surface area contributed by atoms with Crippen molar-refractivity contribution < 1.29 is 14.3 Å². The molecular weight excluding hydrogens is 410 g/mol. The normalized spacial score (nSPS) is 24.2. The number of fused-ring (bicyclic) bond motifs is 3. The van der Waals surface area contributed by atoms with Crippen LogP contribution in [0.2, 0.25) is 0 Å². The molecule has 0 radical (unpaired) electrons. The van der Waals surface area contributed by atoms with Crippen LogP contribution in [0.15, 0.2) is 31.0 Å². The Morgan fingerprint density at radius 2 is 2.09 bits per heavy atom. The molecule has 0 spiro atoms. The third-order valence-electron chi connectivity index (χ3n) is 6.45. The van der Waals surface area contributed by atoms with Crippen LogP contribution in [0.4, 0.5) is 5.69 Å². The van der Waals surface area contributed by atoms with Crippen molar-refractivity contribution in [2.24, 2.45) is 0 Å². The summed E-state index contributed by atoms with van der Waals surface area (Å²) in [6.07, 6.45) is 10.8. The lowest BCUT2D eigenvalue weighted by Gasteiger charge is -2.41. The highest BCUT2D eigenvalue weighted by molar-refractivity contribution is 6.06. The molecule has 4 aromatic heterocycles. The highest BCUT2D eigenvalue weighted by Gasteiger charge is 2.61. The molecule has 1 N–H and O–H groups in total. The van der Waals surface area contributed by atoms with Crippen molar-refractivity contribution in [1.82, 2.24) is 29.0 Å². The van der Waals surface area contributed by atoms with Crippen LogP contribution in [0.3, 0.4) is 0 Å². The average molecular weight is 433 g/mol. The number of hydrogen-bond acceptors (Lipinski definition) is 7. The topological polar surface area (TPSA) is 108 Å². The van der Waals surface area contributed by atoms with Gasteiger partial charge in [-0.1, -0.05) is 0 Å². The van der Waals surface area contributed by atoms with Gasteiger partial charge in [0, 0.05) is 37.3 Å². The van der Waals surface area contributed by atoms with Gasteiger partial charge < -0.3 is 14.8 Å². The van der Waals surface area contributed by atoms with Crippen LogP contribution in [0, 0.1) is 6.92 Å². The number of aryl methyl sites for hydroxylation is 1. The molecule has 7 rings (SSSR count). The van der Waals surface area contributed by atoms with Gasteiger partial charge in [0.05, 0.1) is 42.0 Å². The van der Waals surface area contributed by atoms with Gasteiger partial charge in [-0.2, -0.15) is 5.10 Å². The number of nitrogens with zero attached hydrogens (tertiary/aromatic N) is 6. The molecular formula is C22H23N7O3. The number of imidazole rings is 1. The first-order valence-electron chi connectivity index (χ1n) is 10.5. The molecule has 0 unspecified atom stereocenters. The fourth-order valence-electron chi connectivity index (χ4n) is 5.05. The Morgan fingerprint density at radius 3 is 2.84 bits per heavy atom. The summed E-state index contributed by atoms with van der Waals surface area (Å²) >= 11 is 0. The van der Waals surface area contributed by atoms with Crippen molar-refractivity contribution in [2.75, 3.05) is 19.0 Å². The molecule has 0 aromatic carbocycles. The zero-order valence-electron chi connectivity index (χ0n) is 18.1. The minimum atomic E-state index is -0.308. The quantitative estimate of drug-likeness (QED) is 0.514. The van der Waals surface area contributed by atoms with Gasteiger partial charge >= 0.3 is 0 Å². The van der Waals surface area contributed by atoms with Crippen molar-refractivity contribution in [1.29, 1.82) is 0 Å². The number of aromatic nitrogens is 6.